The molecule has 3 saturated carbocycles. The fourth-order valence-electron chi connectivity index (χ4n) is 9.24. The fourth-order valence-corrected chi connectivity index (χ4v) is 9.24. The van der Waals surface area contributed by atoms with Crippen molar-refractivity contribution in [3.63, 3.8) is 0 Å². The molecule has 0 spiro atoms. The second-order valence-corrected chi connectivity index (χ2v) is 13.7. The van der Waals surface area contributed by atoms with Crippen LogP contribution in [-0.4, -0.2) is 46.8 Å². The molecular formula is C34H46O8. The van der Waals surface area contributed by atoms with Crippen molar-refractivity contribution in [3.8, 4) is 0 Å². The predicted molar refractivity (Wildman–Crippen MR) is 156 cm³/mol. The molecule has 4 aliphatic carbocycles. The van der Waals surface area contributed by atoms with Crippen LogP contribution in [0.5, 0.6) is 0 Å². The largest absolute Gasteiger partial charge is 0.478 e. The first-order chi connectivity index (χ1) is 19.5. The quantitative estimate of drug-likeness (QED) is 0.227. The van der Waals surface area contributed by atoms with Gasteiger partial charge >= 0.3 is 17.9 Å². The fraction of sp³-hybridized carbons (Fsp3) is 0.676. The van der Waals surface area contributed by atoms with Crippen LogP contribution in [-0.2, 0) is 33.4 Å². The Morgan fingerprint density at radius 1 is 1.07 bits per heavy atom. The number of hydrogen-bond donors (Lipinski definition) is 1. The molecule has 1 N–H and O–H groups in total. The van der Waals surface area contributed by atoms with Crippen LogP contribution in [0.25, 0.3) is 0 Å². The standard InChI is InChI=1S/C34H46O8/c1-9-26(37)42-29-28-19(4)23(36)15-16-32(28,6)25-14-13-22-27(21(31(39)40)12-10-11-18(2)3)24(41-20(5)35)17-33(22,7)34(25,8)30(29)38/h11,15-16,19,22,24-25,28-29H,9-10,12-14,17H2,1-8H3,(H,39,40)/b27-21-/t19-,22+,24+,25+,28-,29+,32-,33+,34-/m1/s1. The molecule has 0 unspecified atom stereocenters. The van der Waals surface area contributed by atoms with Crippen LogP contribution in [0.2, 0.25) is 0 Å². The number of Topliss-reactive ketones (excluding diaryl/α,β-unsaturated/α-hetero) is 1. The highest BCUT2D eigenvalue weighted by molar-refractivity contribution is 5.98. The monoisotopic (exact) mass is 582 g/mol. The Morgan fingerprint density at radius 2 is 1.74 bits per heavy atom. The van der Waals surface area contributed by atoms with Gasteiger partial charge in [-0.25, -0.2) is 4.79 Å². The number of carbonyl (C=O) groups is 5. The highest BCUT2D eigenvalue weighted by atomic mass is 16.6. The van der Waals surface area contributed by atoms with Gasteiger partial charge in [0.1, 0.15) is 6.10 Å². The van der Waals surface area contributed by atoms with Crippen molar-refractivity contribution in [2.75, 3.05) is 0 Å². The number of ketones is 2. The van der Waals surface area contributed by atoms with Crippen molar-refractivity contribution in [2.24, 2.45) is 39.9 Å². The van der Waals surface area contributed by atoms with Crippen molar-refractivity contribution >= 4 is 29.5 Å². The first kappa shape index (κ1) is 31.9. The van der Waals surface area contributed by atoms with Crippen LogP contribution in [0, 0.1) is 39.9 Å². The van der Waals surface area contributed by atoms with Gasteiger partial charge in [0.2, 0.25) is 0 Å². The third-order valence-electron chi connectivity index (χ3n) is 11.3. The molecule has 4 aliphatic rings. The average molecular weight is 583 g/mol. The molecule has 0 heterocycles. The van der Waals surface area contributed by atoms with Crippen LogP contribution in [0.4, 0.5) is 0 Å². The summed E-state index contributed by atoms with van der Waals surface area (Å²) in [7, 11) is 0. The zero-order valence-electron chi connectivity index (χ0n) is 26.2. The Balaban J connectivity index is 1.93. The van der Waals surface area contributed by atoms with E-state index >= 15 is 0 Å². The maximum Gasteiger partial charge on any atom is 0.331 e. The van der Waals surface area contributed by atoms with E-state index in [-0.39, 0.29) is 48.2 Å². The Morgan fingerprint density at radius 3 is 2.31 bits per heavy atom. The van der Waals surface area contributed by atoms with Crippen molar-refractivity contribution in [2.45, 2.75) is 106 Å². The molecular weight excluding hydrogens is 536 g/mol. The second-order valence-electron chi connectivity index (χ2n) is 13.7. The van der Waals surface area contributed by atoms with Crippen molar-refractivity contribution < 1.29 is 38.6 Å². The summed E-state index contributed by atoms with van der Waals surface area (Å²) < 4.78 is 11.8. The van der Waals surface area contributed by atoms with E-state index < -0.39 is 58.2 Å². The maximum atomic E-state index is 14.9. The molecule has 42 heavy (non-hydrogen) atoms. The number of carboxylic acids is 1. The molecule has 0 aromatic carbocycles. The van der Waals surface area contributed by atoms with Gasteiger partial charge in [-0.15, -0.1) is 0 Å². The summed E-state index contributed by atoms with van der Waals surface area (Å²) in [6.07, 6.45) is 6.08. The van der Waals surface area contributed by atoms with Gasteiger partial charge in [-0.3, -0.25) is 19.2 Å². The molecule has 0 aromatic rings. The number of carboxylic acid groups (broad SMARTS) is 1. The van der Waals surface area contributed by atoms with Crippen LogP contribution in [0.15, 0.2) is 34.9 Å². The van der Waals surface area contributed by atoms with Crippen molar-refractivity contribution in [1.82, 2.24) is 0 Å². The van der Waals surface area contributed by atoms with Crippen molar-refractivity contribution in [3.05, 3.63) is 34.9 Å². The normalized spacial score (nSPS) is 39.9. The van der Waals surface area contributed by atoms with Gasteiger partial charge in [0.05, 0.1) is 0 Å². The predicted octanol–water partition coefficient (Wildman–Crippen LogP) is 5.79. The summed E-state index contributed by atoms with van der Waals surface area (Å²) in [5, 5.41) is 10.4. The molecule has 0 bridgehead atoms. The lowest BCUT2D eigenvalue weighted by Crippen LogP contribution is -2.69. The van der Waals surface area contributed by atoms with Crippen LogP contribution >= 0.6 is 0 Å². The van der Waals surface area contributed by atoms with Gasteiger partial charge < -0.3 is 14.6 Å². The van der Waals surface area contributed by atoms with Gasteiger partial charge in [-0.05, 0) is 80.3 Å². The zero-order chi connectivity index (χ0) is 31.4. The van der Waals surface area contributed by atoms with E-state index in [0.29, 0.717) is 24.8 Å². The molecule has 0 aliphatic heterocycles. The van der Waals surface area contributed by atoms with Crippen LogP contribution in [0.1, 0.15) is 93.9 Å². The van der Waals surface area contributed by atoms with Crippen LogP contribution in [0.3, 0.4) is 0 Å². The highest BCUT2D eigenvalue weighted by Gasteiger charge is 2.74. The summed E-state index contributed by atoms with van der Waals surface area (Å²) in [5.74, 6) is -3.87. The summed E-state index contributed by atoms with van der Waals surface area (Å²) in [4.78, 5) is 65.5. The first-order valence-electron chi connectivity index (χ1n) is 15.3. The SMILES string of the molecule is CCC(=O)O[C@@H]1C(=O)[C@@]2(C)[C@@H](CC[C@H]3/C(=C(\CCC=C(C)C)C(=O)O)[C@@H](OC(C)=O)C[C@@]32C)[C@@]2(C)C=CC(=O)[C@@H](C)[C@H]12. The molecule has 0 amide bonds. The molecule has 230 valence electrons. The molecule has 0 radical (unpaired) electrons. The average Bonchev–Trinajstić information content (AvgIpc) is 3.18. The minimum atomic E-state index is -1.11. The highest BCUT2D eigenvalue weighted by Crippen LogP contribution is 2.73. The number of ether oxygens (including phenoxy) is 2. The molecule has 8 nitrogen and oxygen atoms in total. The number of rotatable bonds is 7. The zero-order valence-corrected chi connectivity index (χ0v) is 26.2. The summed E-state index contributed by atoms with van der Waals surface area (Å²) in [5.41, 5.74) is -0.524. The Bertz CT molecular complexity index is 1280. The number of hydrogen-bond acceptors (Lipinski definition) is 7. The van der Waals surface area contributed by atoms with Gasteiger partial charge in [-0.1, -0.05) is 52.3 Å². The van der Waals surface area contributed by atoms with E-state index in [4.69, 9.17) is 9.47 Å². The summed E-state index contributed by atoms with van der Waals surface area (Å²) in [6.45, 7) is 14.7. The lowest BCUT2D eigenvalue weighted by Gasteiger charge is -2.66. The number of allylic oxidation sites excluding steroid dienone is 4. The van der Waals surface area contributed by atoms with Crippen molar-refractivity contribution in [1.29, 1.82) is 0 Å². The van der Waals surface area contributed by atoms with E-state index in [1.807, 2.05) is 46.8 Å². The smallest absolute Gasteiger partial charge is 0.331 e. The molecule has 0 saturated heterocycles. The number of aliphatic carboxylic acids is 1. The number of carbonyl (C=O) groups excluding carboxylic acids is 4. The summed E-state index contributed by atoms with van der Waals surface area (Å²) >= 11 is 0. The van der Waals surface area contributed by atoms with E-state index in [0.717, 1.165) is 5.57 Å². The number of fused-ring (bicyclic) bond motifs is 5. The van der Waals surface area contributed by atoms with Crippen LogP contribution < -0.4 is 0 Å². The molecule has 8 heteroatoms. The molecule has 0 aromatic heterocycles. The van der Waals surface area contributed by atoms with E-state index in [1.165, 1.54) is 6.92 Å². The number of esters is 2. The maximum absolute atomic E-state index is 14.9. The summed E-state index contributed by atoms with van der Waals surface area (Å²) in [6, 6.07) is 0. The lowest BCUT2D eigenvalue weighted by atomic mass is 9.37. The molecule has 3 fully saturated rings. The Labute approximate surface area is 249 Å². The molecule has 4 rings (SSSR count). The van der Waals surface area contributed by atoms with E-state index in [1.54, 1.807) is 13.0 Å². The minimum absolute atomic E-state index is 0.0882. The van der Waals surface area contributed by atoms with E-state index in [2.05, 4.69) is 6.92 Å². The third-order valence-corrected chi connectivity index (χ3v) is 11.3. The topological polar surface area (TPSA) is 124 Å². The Hall–Kier alpha value is -3.03. The minimum Gasteiger partial charge on any atom is -0.478 e. The molecule has 9 atom stereocenters. The van der Waals surface area contributed by atoms with Gasteiger partial charge in [0.25, 0.3) is 0 Å². The van der Waals surface area contributed by atoms with Gasteiger partial charge in [-0.2, -0.15) is 0 Å². The van der Waals surface area contributed by atoms with Gasteiger partial charge in [0.15, 0.2) is 17.7 Å². The van der Waals surface area contributed by atoms with Gasteiger partial charge in [0, 0.05) is 36.2 Å². The third kappa shape index (κ3) is 4.79. The second kappa shape index (κ2) is 11.2. The lowest BCUT2D eigenvalue weighted by molar-refractivity contribution is -0.208. The Kier molecular flexibility index (Phi) is 8.53. The van der Waals surface area contributed by atoms with E-state index in [9.17, 15) is 29.1 Å². The first-order valence-corrected chi connectivity index (χ1v) is 15.3.